The zero-order chi connectivity index (χ0) is 22.3. The van der Waals surface area contributed by atoms with E-state index in [1.165, 1.54) is 12.6 Å². The van der Waals surface area contributed by atoms with Crippen molar-refractivity contribution in [3.8, 4) is 0 Å². The Bertz CT molecular complexity index is 951. The molecular weight excluding hydrogens is 412 g/mol. The first-order chi connectivity index (χ1) is 14.9. The summed E-state index contributed by atoms with van der Waals surface area (Å²) in [5.41, 5.74) is 2.99. The molecule has 3 rings (SSSR count). The van der Waals surface area contributed by atoms with Crippen molar-refractivity contribution in [3.05, 3.63) is 59.7 Å². The number of hydrogen-bond acceptors (Lipinski definition) is 5. The van der Waals surface area contributed by atoms with Crippen LogP contribution >= 0.6 is 0 Å². The Labute approximate surface area is 185 Å². The lowest BCUT2D eigenvalue weighted by molar-refractivity contribution is -0.116. The van der Waals surface area contributed by atoms with E-state index in [0.29, 0.717) is 12.8 Å². The molecule has 1 fully saturated rings. The molecule has 0 aromatic heterocycles. The molecule has 0 radical (unpaired) electrons. The van der Waals surface area contributed by atoms with E-state index in [4.69, 9.17) is 0 Å². The summed E-state index contributed by atoms with van der Waals surface area (Å²) >= 11 is 0. The van der Waals surface area contributed by atoms with E-state index < -0.39 is 10.0 Å². The Morgan fingerprint density at radius 1 is 0.903 bits per heavy atom. The Morgan fingerprint density at radius 3 is 2.10 bits per heavy atom. The van der Waals surface area contributed by atoms with E-state index in [9.17, 15) is 13.2 Å². The minimum Gasteiger partial charge on any atom is -0.326 e. The number of likely N-dealkylation sites (N-methyl/N-ethyl adjacent to an activating group) is 1. The highest BCUT2D eigenvalue weighted by Gasteiger charge is 2.13. The number of amides is 1. The minimum absolute atomic E-state index is 0.0582. The summed E-state index contributed by atoms with van der Waals surface area (Å²) in [6, 6.07) is 14.7. The highest BCUT2D eigenvalue weighted by atomic mass is 32.2. The number of piperazine rings is 1. The van der Waals surface area contributed by atoms with Gasteiger partial charge >= 0.3 is 0 Å². The lowest BCUT2D eigenvalue weighted by Crippen LogP contribution is -2.45. The molecule has 1 aliphatic heterocycles. The first-order valence-electron chi connectivity index (χ1n) is 10.7. The zero-order valence-electron chi connectivity index (χ0n) is 18.3. The molecule has 0 atom stereocenters. The van der Waals surface area contributed by atoms with Crippen molar-refractivity contribution in [1.82, 2.24) is 14.5 Å². The van der Waals surface area contributed by atoms with Gasteiger partial charge in [0.2, 0.25) is 15.9 Å². The van der Waals surface area contributed by atoms with Crippen LogP contribution in [0.5, 0.6) is 0 Å². The predicted molar refractivity (Wildman–Crippen MR) is 124 cm³/mol. The Kier molecular flexibility index (Phi) is 8.20. The van der Waals surface area contributed by atoms with Crippen LogP contribution in [0, 0.1) is 0 Å². The third-order valence-electron chi connectivity index (χ3n) is 5.69. The minimum atomic E-state index is -3.44. The van der Waals surface area contributed by atoms with Gasteiger partial charge in [-0.2, -0.15) is 0 Å². The molecule has 2 aromatic rings. The molecule has 1 amide bonds. The van der Waals surface area contributed by atoms with E-state index >= 15 is 0 Å². The summed E-state index contributed by atoms with van der Waals surface area (Å²) in [7, 11) is 0.110. The second-order valence-electron chi connectivity index (χ2n) is 7.99. The molecule has 0 aliphatic carbocycles. The number of aryl methyl sites for hydroxylation is 1. The van der Waals surface area contributed by atoms with Gasteiger partial charge < -0.3 is 15.1 Å². The number of rotatable bonds is 9. The fraction of sp³-hybridized carbons (Fsp3) is 0.435. The molecule has 0 spiro atoms. The highest BCUT2D eigenvalue weighted by molar-refractivity contribution is 7.89. The Hall–Kier alpha value is -2.26. The van der Waals surface area contributed by atoms with Crippen molar-refractivity contribution in [3.63, 3.8) is 0 Å². The highest BCUT2D eigenvalue weighted by Crippen LogP contribution is 2.14. The standard InChI is InChI=1S/C23H32N4O3S/c1-24-31(29,30)22-10-5-19(6-11-22)7-12-23(28)25-21-8-3-20(4-9-21)13-14-27-17-15-26(2)16-18-27/h3-6,8-11,24H,7,12-18H2,1-2H3,(H,25,28). The number of hydrogen-bond donors (Lipinski definition) is 2. The van der Waals surface area contributed by atoms with Crippen molar-refractivity contribution >= 4 is 21.6 Å². The number of carbonyl (C=O) groups excluding carboxylic acids is 1. The third-order valence-corrected chi connectivity index (χ3v) is 7.12. The van der Waals surface area contributed by atoms with Gasteiger partial charge in [0, 0.05) is 44.8 Å². The largest absolute Gasteiger partial charge is 0.326 e. The quantitative estimate of drug-likeness (QED) is 0.618. The molecule has 168 valence electrons. The number of sulfonamides is 1. The molecule has 1 heterocycles. The molecule has 0 bridgehead atoms. The first-order valence-corrected chi connectivity index (χ1v) is 12.2. The fourth-order valence-electron chi connectivity index (χ4n) is 3.55. The summed E-state index contributed by atoms with van der Waals surface area (Å²) in [6.07, 6.45) is 1.90. The smallest absolute Gasteiger partial charge is 0.240 e. The molecule has 0 saturated carbocycles. The van der Waals surface area contributed by atoms with Crippen molar-refractivity contribution in [2.24, 2.45) is 0 Å². The molecule has 8 heteroatoms. The van der Waals surface area contributed by atoms with Crippen molar-refractivity contribution in [2.45, 2.75) is 24.2 Å². The van der Waals surface area contributed by atoms with Gasteiger partial charge in [0.15, 0.2) is 0 Å². The maximum absolute atomic E-state index is 12.3. The van der Waals surface area contributed by atoms with Crippen LogP contribution in [0.3, 0.4) is 0 Å². The molecule has 1 aliphatic rings. The summed E-state index contributed by atoms with van der Waals surface area (Å²) in [6.45, 7) is 5.57. The monoisotopic (exact) mass is 444 g/mol. The normalized spacial score (nSPS) is 15.7. The van der Waals surface area contributed by atoms with Gasteiger partial charge in [0.25, 0.3) is 0 Å². The molecule has 1 saturated heterocycles. The van der Waals surface area contributed by atoms with Gasteiger partial charge in [0.1, 0.15) is 0 Å². The number of nitrogens with one attached hydrogen (secondary N) is 2. The van der Waals surface area contributed by atoms with Crippen LogP contribution in [0.25, 0.3) is 0 Å². The average Bonchev–Trinajstić information content (AvgIpc) is 2.78. The van der Waals surface area contributed by atoms with Crippen LogP contribution in [0.4, 0.5) is 5.69 Å². The van der Waals surface area contributed by atoms with Crippen molar-refractivity contribution in [2.75, 3.05) is 52.1 Å². The van der Waals surface area contributed by atoms with E-state index in [1.807, 2.05) is 12.1 Å². The van der Waals surface area contributed by atoms with Crippen molar-refractivity contribution in [1.29, 1.82) is 0 Å². The topological polar surface area (TPSA) is 81.7 Å². The molecule has 0 unspecified atom stereocenters. The lowest BCUT2D eigenvalue weighted by atomic mass is 10.1. The van der Waals surface area contributed by atoms with Gasteiger partial charge in [-0.15, -0.1) is 0 Å². The second kappa shape index (κ2) is 10.9. The molecule has 2 aromatic carbocycles. The number of nitrogens with zero attached hydrogens (tertiary/aromatic N) is 2. The third kappa shape index (κ3) is 7.14. The molecule has 2 N–H and O–H groups in total. The average molecular weight is 445 g/mol. The predicted octanol–water partition coefficient (Wildman–Crippen LogP) is 1.96. The SMILES string of the molecule is CNS(=O)(=O)c1ccc(CCC(=O)Nc2ccc(CCN3CCN(C)CC3)cc2)cc1. The molecule has 31 heavy (non-hydrogen) atoms. The molecule has 7 nitrogen and oxygen atoms in total. The molecular formula is C23H32N4O3S. The summed E-state index contributed by atoms with van der Waals surface area (Å²) in [5, 5.41) is 2.93. The second-order valence-corrected chi connectivity index (χ2v) is 9.88. The van der Waals surface area contributed by atoms with E-state index in [-0.39, 0.29) is 10.8 Å². The van der Waals surface area contributed by atoms with Gasteiger partial charge in [-0.25, -0.2) is 13.1 Å². The van der Waals surface area contributed by atoms with Crippen LogP contribution in [0.1, 0.15) is 17.5 Å². The van der Waals surface area contributed by atoms with Gasteiger partial charge in [0.05, 0.1) is 4.90 Å². The Morgan fingerprint density at radius 2 is 1.48 bits per heavy atom. The van der Waals surface area contributed by atoms with Gasteiger partial charge in [-0.1, -0.05) is 24.3 Å². The van der Waals surface area contributed by atoms with E-state index in [0.717, 1.165) is 50.4 Å². The van der Waals surface area contributed by atoms with Gasteiger partial charge in [-0.3, -0.25) is 4.79 Å². The maximum atomic E-state index is 12.3. The summed E-state index contributed by atoms with van der Waals surface area (Å²) in [4.78, 5) is 17.3. The number of carbonyl (C=O) groups is 1. The lowest BCUT2D eigenvalue weighted by Gasteiger charge is -2.32. The fourth-order valence-corrected chi connectivity index (χ4v) is 4.28. The van der Waals surface area contributed by atoms with E-state index in [2.05, 4.69) is 39.0 Å². The van der Waals surface area contributed by atoms with Crippen LogP contribution in [-0.4, -0.2) is 70.9 Å². The van der Waals surface area contributed by atoms with Gasteiger partial charge in [-0.05, 0) is 62.3 Å². The van der Waals surface area contributed by atoms with Crippen LogP contribution in [0.2, 0.25) is 0 Å². The Balaban J connectivity index is 1.42. The maximum Gasteiger partial charge on any atom is 0.240 e. The number of benzene rings is 2. The van der Waals surface area contributed by atoms with E-state index in [1.54, 1.807) is 24.3 Å². The summed E-state index contributed by atoms with van der Waals surface area (Å²) in [5.74, 6) is -0.0582. The zero-order valence-corrected chi connectivity index (χ0v) is 19.1. The van der Waals surface area contributed by atoms with Crippen LogP contribution in [0.15, 0.2) is 53.4 Å². The first kappa shape index (κ1) is 23.4. The summed E-state index contributed by atoms with van der Waals surface area (Å²) < 4.78 is 25.8. The number of anilines is 1. The van der Waals surface area contributed by atoms with Crippen LogP contribution < -0.4 is 10.0 Å². The van der Waals surface area contributed by atoms with Crippen LogP contribution in [-0.2, 0) is 27.7 Å². The van der Waals surface area contributed by atoms with Crippen molar-refractivity contribution < 1.29 is 13.2 Å².